The summed E-state index contributed by atoms with van der Waals surface area (Å²) in [5.74, 6) is 0. The summed E-state index contributed by atoms with van der Waals surface area (Å²) >= 11 is 0. The van der Waals surface area contributed by atoms with Crippen LogP contribution in [0.5, 0.6) is 0 Å². The molecule has 1 heterocycles. The highest BCUT2D eigenvalue weighted by Crippen LogP contribution is 2.16. The molecule has 1 N–H and O–H groups in total. The quantitative estimate of drug-likeness (QED) is 0.641. The molecule has 1 aliphatic rings. The summed E-state index contributed by atoms with van der Waals surface area (Å²) in [6, 6.07) is 7.68. The molecule has 2 rings (SSSR count). The minimum Gasteiger partial charge on any atom is -0.383 e. The van der Waals surface area contributed by atoms with Gasteiger partial charge in [0.15, 0.2) is 0 Å². The van der Waals surface area contributed by atoms with Gasteiger partial charge in [-0.15, -0.1) is 0 Å². The maximum atomic E-state index is 8.69. The molecule has 0 radical (unpaired) electrons. The number of nitriles is 1. The third kappa shape index (κ3) is 1.52. The lowest BCUT2D eigenvalue weighted by atomic mass is 10.1. The van der Waals surface area contributed by atoms with Gasteiger partial charge in [-0.25, -0.2) is 0 Å². The average molecular weight is 171 g/mol. The summed E-state index contributed by atoms with van der Waals surface area (Å²) < 4.78 is 0. The van der Waals surface area contributed by atoms with Gasteiger partial charge in [0.2, 0.25) is 0 Å². The number of rotatable bonds is 0. The van der Waals surface area contributed by atoms with Crippen molar-refractivity contribution in [2.24, 2.45) is 4.99 Å². The number of hydrogen-bond acceptors (Lipinski definition) is 3. The molecule has 0 aromatic heterocycles. The number of benzene rings is 1. The monoisotopic (exact) mass is 171 g/mol. The zero-order valence-corrected chi connectivity index (χ0v) is 7.12. The van der Waals surface area contributed by atoms with Crippen LogP contribution in [0.1, 0.15) is 11.1 Å². The zero-order valence-electron chi connectivity index (χ0n) is 7.12. The molecule has 0 unspecified atom stereocenters. The molecule has 0 fully saturated rings. The van der Waals surface area contributed by atoms with Crippen molar-refractivity contribution in [2.75, 3.05) is 18.4 Å². The molecule has 0 aliphatic carbocycles. The smallest absolute Gasteiger partial charge is 0.0991 e. The first-order chi connectivity index (χ1) is 6.40. The molecule has 0 amide bonds. The van der Waals surface area contributed by atoms with Crippen LogP contribution in [0, 0.1) is 11.3 Å². The van der Waals surface area contributed by atoms with Gasteiger partial charge >= 0.3 is 0 Å². The summed E-state index contributed by atoms with van der Waals surface area (Å²) in [7, 11) is 0. The molecule has 0 saturated heterocycles. The summed E-state index contributed by atoms with van der Waals surface area (Å²) in [6.07, 6.45) is 1.82. The zero-order chi connectivity index (χ0) is 9.10. The largest absolute Gasteiger partial charge is 0.383 e. The molecule has 0 bridgehead atoms. The fourth-order valence-electron chi connectivity index (χ4n) is 1.32. The molecule has 1 aromatic carbocycles. The van der Waals surface area contributed by atoms with Crippen LogP contribution in [-0.2, 0) is 0 Å². The predicted molar refractivity (Wildman–Crippen MR) is 52.1 cm³/mol. The van der Waals surface area contributed by atoms with Gasteiger partial charge < -0.3 is 5.32 Å². The Kier molecular flexibility index (Phi) is 1.97. The van der Waals surface area contributed by atoms with E-state index in [1.807, 2.05) is 24.4 Å². The van der Waals surface area contributed by atoms with Gasteiger partial charge in [0, 0.05) is 24.0 Å². The highest BCUT2D eigenvalue weighted by atomic mass is 14.9. The number of anilines is 1. The SMILES string of the molecule is N#Cc1ccc2c(c1)C=NCCN2. The maximum Gasteiger partial charge on any atom is 0.0991 e. The summed E-state index contributed by atoms with van der Waals surface area (Å²) in [6.45, 7) is 1.64. The molecular weight excluding hydrogens is 162 g/mol. The Morgan fingerprint density at radius 1 is 1.46 bits per heavy atom. The van der Waals surface area contributed by atoms with Crippen LogP contribution in [0.15, 0.2) is 23.2 Å². The Morgan fingerprint density at radius 2 is 2.38 bits per heavy atom. The standard InChI is InChI=1S/C10H9N3/c11-6-8-1-2-10-9(5-8)7-12-3-4-13-10/h1-2,5,7,13H,3-4H2. The summed E-state index contributed by atoms with van der Waals surface area (Å²) in [5.41, 5.74) is 2.73. The van der Waals surface area contributed by atoms with Gasteiger partial charge in [-0.2, -0.15) is 5.26 Å². The van der Waals surface area contributed by atoms with Gasteiger partial charge in [0.1, 0.15) is 0 Å². The molecule has 64 valence electrons. The number of nitrogens with zero attached hydrogens (tertiary/aromatic N) is 2. The number of benzodiazepines with no additional fused rings is 1. The molecule has 1 aliphatic heterocycles. The molecule has 13 heavy (non-hydrogen) atoms. The van der Waals surface area contributed by atoms with Crippen molar-refractivity contribution in [1.29, 1.82) is 5.26 Å². The van der Waals surface area contributed by atoms with E-state index in [9.17, 15) is 0 Å². The van der Waals surface area contributed by atoms with Crippen molar-refractivity contribution in [2.45, 2.75) is 0 Å². The minimum atomic E-state index is 0.675. The molecule has 3 nitrogen and oxygen atoms in total. The summed E-state index contributed by atoms with van der Waals surface area (Å²) in [4.78, 5) is 4.19. The molecule has 3 heteroatoms. The van der Waals surface area contributed by atoms with E-state index in [0.717, 1.165) is 24.3 Å². The van der Waals surface area contributed by atoms with Gasteiger partial charge in [0.25, 0.3) is 0 Å². The van der Waals surface area contributed by atoms with Crippen LogP contribution < -0.4 is 5.32 Å². The Labute approximate surface area is 76.7 Å². The Bertz CT molecular complexity index is 388. The second-order valence-electron chi connectivity index (χ2n) is 2.88. The van der Waals surface area contributed by atoms with E-state index in [0.29, 0.717) is 5.56 Å². The summed E-state index contributed by atoms with van der Waals surface area (Å²) in [5, 5.41) is 11.9. The fourth-order valence-corrected chi connectivity index (χ4v) is 1.32. The topological polar surface area (TPSA) is 48.2 Å². The van der Waals surface area contributed by atoms with E-state index in [1.54, 1.807) is 0 Å². The number of aliphatic imine (C=N–C) groups is 1. The number of hydrogen-bond donors (Lipinski definition) is 1. The first kappa shape index (κ1) is 7.81. The van der Waals surface area contributed by atoms with Crippen molar-refractivity contribution in [3.8, 4) is 6.07 Å². The van der Waals surface area contributed by atoms with Crippen molar-refractivity contribution < 1.29 is 0 Å². The Morgan fingerprint density at radius 3 is 3.23 bits per heavy atom. The van der Waals surface area contributed by atoms with Crippen LogP contribution in [0.25, 0.3) is 0 Å². The average Bonchev–Trinajstić information content (AvgIpc) is 2.41. The maximum absolute atomic E-state index is 8.69. The van der Waals surface area contributed by atoms with Gasteiger partial charge in [-0.3, -0.25) is 4.99 Å². The van der Waals surface area contributed by atoms with E-state index >= 15 is 0 Å². The number of nitrogens with one attached hydrogen (secondary N) is 1. The third-order valence-corrected chi connectivity index (χ3v) is 1.97. The van der Waals surface area contributed by atoms with E-state index in [1.165, 1.54) is 0 Å². The first-order valence-electron chi connectivity index (χ1n) is 4.18. The molecule has 0 atom stereocenters. The number of fused-ring (bicyclic) bond motifs is 1. The highest BCUT2D eigenvalue weighted by molar-refractivity contribution is 5.88. The highest BCUT2D eigenvalue weighted by Gasteiger charge is 2.03. The van der Waals surface area contributed by atoms with Crippen LogP contribution >= 0.6 is 0 Å². The lowest BCUT2D eigenvalue weighted by Gasteiger charge is -2.04. The van der Waals surface area contributed by atoms with Gasteiger partial charge in [-0.1, -0.05) is 0 Å². The van der Waals surface area contributed by atoms with E-state index in [2.05, 4.69) is 16.4 Å². The minimum absolute atomic E-state index is 0.675. The van der Waals surface area contributed by atoms with Crippen LogP contribution in [0.3, 0.4) is 0 Å². The second-order valence-corrected chi connectivity index (χ2v) is 2.88. The van der Waals surface area contributed by atoms with Gasteiger partial charge in [0.05, 0.1) is 18.2 Å². The van der Waals surface area contributed by atoms with Crippen LogP contribution in [0.4, 0.5) is 5.69 Å². The van der Waals surface area contributed by atoms with Crippen LogP contribution in [0.2, 0.25) is 0 Å². The molecule has 0 saturated carbocycles. The lowest BCUT2D eigenvalue weighted by Crippen LogP contribution is -2.03. The van der Waals surface area contributed by atoms with Crippen LogP contribution in [-0.4, -0.2) is 19.3 Å². The normalized spacial score (nSPS) is 13.8. The van der Waals surface area contributed by atoms with Crippen molar-refractivity contribution in [3.63, 3.8) is 0 Å². The van der Waals surface area contributed by atoms with Crippen molar-refractivity contribution in [1.82, 2.24) is 0 Å². The van der Waals surface area contributed by atoms with E-state index < -0.39 is 0 Å². The Hall–Kier alpha value is -1.82. The molecular formula is C10H9N3. The van der Waals surface area contributed by atoms with Crippen molar-refractivity contribution in [3.05, 3.63) is 29.3 Å². The van der Waals surface area contributed by atoms with Gasteiger partial charge in [-0.05, 0) is 18.2 Å². The Balaban J connectivity index is 2.48. The third-order valence-electron chi connectivity index (χ3n) is 1.97. The molecule has 1 aromatic rings. The van der Waals surface area contributed by atoms with Crippen molar-refractivity contribution >= 4 is 11.9 Å². The first-order valence-corrected chi connectivity index (χ1v) is 4.18. The second kappa shape index (κ2) is 3.28. The van der Waals surface area contributed by atoms with E-state index in [4.69, 9.17) is 5.26 Å². The molecule has 0 spiro atoms. The predicted octanol–water partition coefficient (Wildman–Crippen LogP) is 1.40. The lowest BCUT2D eigenvalue weighted by molar-refractivity contribution is 1.04. The van der Waals surface area contributed by atoms with E-state index in [-0.39, 0.29) is 0 Å². The fraction of sp³-hybridized carbons (Fsp3) is 0.200.